The molecule has 0 aliphatic heterocycles. The van der Waals surface area contributed by atoms with Crippen LogP contribution in [-0.4, -0.2) is 17.5 Å². The van der Waals surface area contributed by atoms with Crippen LogP contribution in [0.25, 0.3) is 0 Å². The Morgan fingerprint density at radius 3 is 2.55 bits per heavy atom. The molecular formula is C15H23ClN2O2. The molecular weight excluding hydrogens is 276 g/mol. The molecule has 0 fully saturated rings. The Morgan fingerprint density at radius 1 is 1.35 bits per heavy atom. The summed E-state index contributed by atoms with van der Waals surface area (Å²) in [6.07, 6.45) is 3.48. The van der Waals surface area contributed by atoms with Crippen molar-refractivity contribution in [1.82, 2.24) is 0 Å². The summed E-state index contributed by atoms with van der Waals surface area (Å²) in [7, 11) is 0. The van der Waals surface area contributed by atoms with E-state index in [9.17, 15) is 10.1 Å². The highest BCUT2D eigenvalue weighted by Gasteiger charge is 2.17. The van der Waals surface area contributed by atoms with Gasteiger partial charge in [0.05, 0.1) is 4.92 Å². The maximum atomic E-state index is 10.8. The van der Waals surface area contributed by atoms with E-state index in [1.165, 1.54) is 12.8 Å². The van der Waals surface area contributed by atoms with Gasteiger partial charge in [-0.25, -0.2) is 0 Å². The van der Waals surface area contributed by atoms with Crippen LogP contribution in [0.2, 0.25) is 0 Å². The molecule has 0 heterocycles. The summed E-state index contributed by atoms with van der Waals surface area (Å²) in [5.41, 5.74) is 1.93. The minimum absolute atomic E-state index is 0.0988. The van der Waals surface area contributed by atoms with Gasteiger partial charge in [0.25, 0.3) is 5.69 Å². The number of unbranched alkanes of at least 4 members (excludes halogenated alkanes) is 2. The largest absolute Gasteiger partial charge is 0.369 e. The number of halogens is 1. The third-order valence-electron chi connectivity index (χ3n) is 3.35. The molecule has 0 atom stereocenters. The topological polar surface area (TPSA) is 46.4 Å². The van der Waals surface area contributed by atoms with Crippen LogP contribution in [0.4, 0.5) is 11.4 Å². The minimum atomic E-state index is -0.378. The predicted octanol–water partition coefficient (Wildman–Crippen LogP) is 4.74. The zero-order chi connectivity index (χ0) is 15.1. The number of anilines is 1. The maximum absolute atomic E-state index is 10.8. The second-order valence-corrected chi connectivity index (χ2v) is 5.47. The highest BCUT2D eigenvalue weighted by molar-refractivity contribution is 6.17. The molecule has 1 aromatic rings. The molecule has 0 aliphatic rings. The summed E-state index contributed by atoms with van der Waals surface area (Å²) in [4.78, 5) is 12.7. The standard InChI is InChI=1S/C15H23ClN2O2/c1-4-5-6-9-17(12(2)3)15-8-7-14(18(19)20)10-13(15)11-16/h7-8,10,12H,4-6,9,11H2,1-3H3. The first kappa shape index (κ1) is 16.8. The Labute approximate surface area is 125 Å². The summed E-state index contributed by atoms with van der Waals surface area (Å²) in [5.74, 6) is 0.286. The van der Waals surface area contributed by atoms with Gasteiger partial charge in [-0.1, -0.05) is 19.8 Å². The molecule has 0 amide bonds. The van der Waals surface area contributed by atoms with Gasteiger partial charge in [-0.3, -0.25) is 10.1 Å². The summed E-state index contributed by atoms with van der Waals surface area (Å²) in [6, 6.07) is 5.30. The second kappa shape index (κ2) is 8.10. The lowest BCUT2D eigenvalue weighted by Crippen LogP contribution is -2.32. The van der Waals surface area contributed by atoms with Crippen LogP contribution in [0.3, 0.4) is 0 Å². The van der Waals surface area contributed by atoms with E-state index in [0.717, 1.165) is 24.2 Å². The van der Waals surface area contributed by atoms with Crippen LogP contribution >= 0.6 is 11.6 Å². The molecule has 0 radical (unpaired) electrons. The Morgan fingerprint density at radius 2 is 2.05 bits per heavy atom. The van der Waals surface area contributed by atoms with Gasteiger partial charge in [0.1, 0.15) is 0 Å². The number of nitrogens with zero attached hydrogens (tertiary/aromatic N) is 2. The van der Waals surface area contributed by atoms with E-state index in [1.54, 1.807) is 12.1 Å². The molecule has 0 saturated heterocycles. The van der Waals surface area contributed by atoms with Gasteiger partial charge in [0.2, 0.25) is 0 Å². The smallest absolute Gasteiger partial charge is 0.269 e. The molecule has 0 unspecified atom stereocenters. The summed E-state index contributed by atoms with van der Waals surface area (Å²) in [6.45, 7) is 7.39. The van der Waals surface area contributed by atoms with Crippen molar-refractivity contribution in [2.75, 3.05) is 11.4 Å². The zero-order valence-electron chi connectivity index (χ0n) is 12.4. The van der Waals surface area contributed by atoms with E-state index in [4.69, 9.17) is 11.6 Å². The van der Waals surface area contributed by atoms with Crippen molar-refractivity contribution >= 4 is 23.0 Å². The van der Waals surface area contributed by atoms with E-state index in [1.807, 2.05) is 6.07 Å². The molecule has 1 rings (SSSR count). The van der Waals surface area contributed by atoms with E-state index in [-0.39, 0.29) is 16.5 Å². The first-order valence-electron chi connectivity index (χ1n) is 7.11. The normalized spacial score (nSPS) is 10.8. The summed E-state index contributed by atoms with van der Waals surface area (Å²) < 4.78 is 0. The van der Waals surface area contributed by atoms with Gasteiger partial charge in [0, 0.05) is 36.3 Å². The quantitative estimate of drug-likeness (QED) is 0.301. The number of hydrogen-bond acceptors (Lipinski definition) is 3. The van der Waals surface area contributed by atoms with Crippen molar-refractivity contribution in [3.8, 4) is 0 Å². The summed E-state index contributed by atoms with van der Waals surface area (Å²) >= 11 is 5.97. The predicted molar refractivity (Wildman–Crippen MR) is 84.7 cm³/mol. The molecule has 0 saturated carbocycles. The zero-order valence-corrected chi connectivity index (χ0v) is 13.2. The molecule has 112 valence electrons. The third kappa shape index (κ3) is 4.37. The molecule has 4 nitrogen and oxygen atoms in total. The van der Waals surface area contributed by atoms with Gasteiger partial charge >= 0.3 is 0 Å². The van der Waals surface area contributed by atoms with Gasteiger partial charge in [-0.2, -0.15) is 0 Å². The van der Waals surface area contributed by atoms with E-state index < -0.39 is 0 Å². The Hall–Kier alpha value is -1.29. The number of rotatable bonds is 8. The van der Waals surface area contributed by atoms with Crippen LogP contribution in [0, 0.1) is 10.1 Å². The fraction of sp³-hybridized carbons (Fsp3) is 0.600. The monoisotopic (exact) mass is 298 g/mol. The molecule has 0 bridgehead atoms. The molecule has 0 N–H and O–H groups in total. The molecule has 1 aromatic carbocycles. The second-order valence-electron chi connectivity index (χ2n) is 5.20. The average molecular weight is 299 g/mol. The van der Waals surface area contributed by atoms with Crippen molar-refractivity contribution < 1.29 is 4.92 Å². The fourth-order valence-corrected chi connectivity index (χ4v) is 2.48. The molecule has 0 spiro atoms. The van der Waals surface area contributed by atoms with Crippen molar-refractivity contribution in [3.05, 3.63) is 33.9 Å². The SMILES string of the molecule is CCCCCN(c1ccc([N+](=O)[O-])cc1CCl)C(C)C. The third-order valence-corrected chi connectivity index (χ3v) is 3.64. The fourth-order valence-electron chi connectivity index (χ4n) is 2.26. The minimum Gasteiger partial charge on any atom is -0.369 e. The van der Waals surface area contributed by atoms with Crippen LogP contribution in [0.1, 0.15) is 45.6 Å². The highest BCUT2D eigenvalue weighted by atomic mass is 35.5. The summed E-state index contributed by atoms with van der Waals surface area (Å²) in [5, 5.41) is 10.8. The lowest BCUT2D eigenvalue weighted by atomic mass is 10.1. The highest BCUT2D eigenvalue weighted by Crippen LogP contribution is 2.28. The molecule has 0 aromatic heterocycles. The number of benzene rings is 1. The van der Waals surface area contributed by atoms with Gasteiger partial charge in [-0.15, -0.1) is 11.6 Å². The number of nitro benzene ring substituents is 1. The lowest BCUT2D eigenvalue weighted by molar-refractivity contribution is -0.384. The van der Waals surface area contributed by atoms with Crippen molar-refractivity contribution in [1.29, 1.82) is 0 Å². The van der Waals surface area contributed by atoms with E-state index >= 15 is 0 Å². The van der Waals surface area contributed by atoms with Gasteiger partial charge in [0.15, 0.2) is 0 Å². The van der Waals surface area contributed by atoms with Crippen LogP contribution in [0.5, 0.6) is 0 Å². The Bertz CT molecular complexity index is 449. The molecule has 20 heavy (non-hydrogen) atoms. The lowest BCUT2D eigenvalue weighted by Gasteiger charge is -2.30. The average Bonchev–Trinajstić information content (AvgIpc) is 2.42. The first-order chi connectivity index (χ1) is 9.51. The maximum Gasteiger partial charge on any atom is 0.269 e. The van der Waals surface area contributed by atoms with Crippen LogP contribution < -0.4 is 4.90 Å². The number of alkyl halides is 1. The Kier molecular flexibility index (Phi) is 6.79. The Balaban J connectivity index is 3.03. The van der Waals surface area contributed by atoms with E-state index in [2.05, 4.69) is 25.7 Å². The number of nitro groups is 1. The van der Waals surface area contributed by atoms with Crippen molar-refractivity contribution in [2.24, 2.45) is 0 Å². The van der Waals surface area contributed by atoms with Crippen LogP contribution in [-0.2, 0) is 5.88 Å². The van der Waals surface area contributed by atoms with Gasteiger partial charge < -0.3 is 4.90 Å². The van der Waals surface area contributed by atoms with E-state index in [0.29, 0.717) is 6.04 Å². The number of hydrogen-bond donors (Lipinski definition) is 0. The van der Waals surface area contributed by atoms with Crippen LogP contribution in [0.15, 0.2) is 18.2 Å². The van der Waals surface area contributed by atoms with Crippen molar-refractivity contribution in [2.45, 2.75) is 52.0 Å². The number of non-ortho nitro benzene ring substituents is 1. The van der Waals surface area contributed by atoms with Gasteiger partial charge in [-0.05, 0) is 31.9 Å². The van der Waals surface area contributed by atoms with Crippen molar-refractivity contribution in [3.63, 3.8) is 0 Å². The molecule has 5 heteroatoms. The molecule has 0 aliphatic carbocycles. The first-order valence-corrected chi connectivity index (χ1v) is 7.64.